The summed E-state index contributed by atoms with van der Waals surface area (Å²) in [6, 6.07) is 17.5. The lowest BCUT2D eigenvalue weighted by molar-refractivity contribution is -0.122. The van der Waals surface area contributed by atoms with E-state index in [0.29, 0.717) is 10.9 Å². The van der Waals surface area contributed by atoms with Crippen molar-refractivity contribution in [2.24, 2.45) is 11.0 Å². The molecule has 0 spiro atoms. The van der Waals surface area contributed by atoms with Crippen LogP contribution in [0.25, 0.3) is 0 Å². The van der Waals surface area contributed by atoms with Crippen LogP contribution in [0.3, 0.4) is 0 Å². The lowest BCUT2D eigenvalue weighted by Crippen LogP contribution is -2.21. The van der Waals surface area contributed by atoms with Gasteiger partial charge in [0.15, 0.2) is 0 Å². The number of nitrogens with zero attached hydrogens (tertiary/aromatic N) is 1. The molecule has 0 heterocycles. The highest BCUT2D eigenvalue weighted by atomic mass is 35.5. The highest BCUT2D eigenvalue weighted by molar-refractivity contribution is 6.30. The summed E-state index contributed by atoms with van der Waals surface area (Å²) in [5.41, 5.74) is 5.61. The fourth-order valence-corrected chi connectivity index (χ4v) is 2.66. The van der Waals surface area contributed by atoms with Crippen molar-refractivity contribution in [1.29, 1.82) is 0 Å². The molecule has 0 aliphatic heterocycles. The number of nitrogens with one attached hydrogen (secondary N) is 1. The minimum absolute atomic E-state index is 0.0119. The van der Waals surface area contributed by atoms with E-state index in [9.17, 15) is 4.79 Å². The molecule has 2 atom stereocenters. The van der Waals surface area contributed by atoms with Gasteiger partial charge in [-0.05, 0) is 42.5 Å². The highest BCUT2D eigenvalue weighted by Gasteiger charge is 2.43. The molecule has 0 saturated heterocycles. The van der Waals surface area contributed by atoms with Crippen molar-refractivity contribution in [1.82, 2.24) is 5.43 Å². The summed E-state index contributed by atoms with van der Waals surface area (Å²) in [4.78, 5) is 12.1. The first-order valence-corrected chi connectivity index (χ1v) is 7.68. The average Bonchev–Trinajstić information content (AvgIpc) is 3.34. The number of hydrogen-bond donors (Lipinski definition) is 1. The number of hydrogen-bond acceptors (Lipinski definition) is 2. The Morgan fingerprint density at radius 2 is 1.82 bits per heavy atom. The summed E-state index contributed by atoms with van der Waals surface area (Å²) in [5.74, 6) is 0.346. The molecule has 1 N–H and O–H groups in total. The van der Waals surface area contributed by atoms with Gasteiger partial charge in [0.2, 0.25) is 5.91 Å². The van der Waals surface area contributed by atoms with Gasteiger partial charge in [0.25, 0.3) is 0 Å². The van der Waals surface area contributed by atoms with Gasteiger partial charge in [-0.15, -0.1) is 0 Å². The Bertz CT molecular complexity index is 695. The molecule has 112 valence electrons. The van der Waals surface area contributed by atoms with Crippen LogP contribution in [0.5, 0.6) is 0 Å². The van der Waals surface area contributed by atoms with Crippen LogP contribution in [0.2, 0.25) is 5.02 Å². The van der Waals surface area contributed by atoms with E-state index in [1.165, 1.54) is 5.56 Å². The molecule has 2 aromatic carbocycles. The summed E-state index contributed by atoms with van der Waals surface area (Å²) in [7, 11) is 0. The molecule has 0 unspecified atom stereocenters. The van der Waals surface area contributed by atoms with Crippen molar-refractivity contribution >= 4 is 23.2 Å². The van der Waals surface area contributed by atoms with Crippen molar-refractivity contribution in [2.45, 2.75) is 19.3 Å². The summed E-state index contributed by atoms with van der Waals surface area (Å²) in [6.45, 7) is 1.87. The molecular weight excluding hydrogens is 296 g/mol. The third-order valence-corrected chi connectivity index (χ3v) is 4.20. The van der Waals surface area contributed by atoms with E-state index in [-0.39, 0.29) is 11.8 Å². The summed E-state index contributed by atoms with van der Waals surface area (Å²) < 4.78 is 0. The molecule has 0 aromatic heterocycles. The standard InChI is InChI=1S/C18H17ClN2O/c1-12(13-7-9-15(19)10-8-13)20-21-18(22)17-11-16(17)14-5-3-2-4-6-14/h2-10,16-17H,11H2,1H3,(H,21,22)/b20-12+/t16-,17+/m0/s1. The monoisotopic (exact) mass is 312 g/mol. The molecule has 0 radical (unpaired) electrons. The van der Waals surface area contributed by atoms with Crippen molar-refractivity contribution in [2.75, 3.05) is 0 Å². The Balaban J connectivity index is 1.59. The number of carbonyl (C=O) groups excluding carboxylic acids is 1. The van der Waals surface area contributed by atoms with E-state index in [1.54, 1.807) is 0 Å². The van der Waals surface area contributed by atoms with Gasteiger partial charge < -0.3 is 0 Å². The molecule has 1 fully saturated rings. The normalized spacial score (nSPS) is 20.5. The Morgan fingerprint density at radius 1 is 1.14 bits per heavy atom. The number of hydrazone groups is 1. The highest BCUT2D eigenvalue weighted by Crippen LogP contribution is 2.47. The number of rotatable bonds is 4. The van der Waals surface area contributed by atoms with Gasteiger partial charge in [-0.2, -0.15) is 5.10 Å². The van der Waals surface area contributed by atoms with Crippen molar-refractivity contribution in [3.8, 4) is 0 Å². The fourth-order valence-electron chi connectivity index (χ4n) is 2.53. The van der Waals surface area contributed by atoms with Crippen molar-refractivity contribution in [3.05, 3.63) is 70.7 Å². The van der Waals surface area contributed by atoms with Crippen LogP contribution >= 0.6 is 11.6 Å². The summed E-state index contributed by atoms with van der Waals surface area (Å²) >= 11 is 5.86. The second kappa shape index (κ2) is 6.32. The quantitative estimate of drug-likeness (QED) is 0.673. The van der Waals surface area contributed by atoms with E-state index in [0.717, 1.165) is 17.7 Å². The first-order valence-electron chi connectivity index (χ1n) is 7.30. The molecule has 0 bridgehead atoms. The molecule has 4 heteroatoms. The predicted molar refractivity (Wildman–Crippen MR) is 89.1 cm³/mol. The van der Waals surface area contributed by atoms with Gasteiger partial charge >= 0.3 is 0 Å². The minimum Gasteiger partial charge on any atom is -0.273 e. The van der Waals surface area contributed by atoms with Crippen molar-refractivity contribution < 1.29 is 4.79 Å². The van der Waals surface area contributed by atoms with E-state index in [2.05, 4.69) is 22.7 Å². The fraction of sp³-hybridized carbons (Fsp3) is 0.222. The zero-order valence-electron chi connectivity index (χ0n) is 12.3. The third-order valence-electron chi connectivity index (χ3n) is 3.95. The van der Waals surface area contributed by atoms with Gasteiger partial charge in [-0.25, -0.2) is 5.43 Å². The van der Waals surface area contributed by atoms with Gasteiger partial charge in [-0.1, -0.05) is 54.1 Å². The molecule has 1 amide bonds. The van der Waals surface area contributed by atoms with Crippen LogP contribution < -0.4 is 5.43 Å². The Kier molecular flexibility index (Phi) is 4.25. The van der Waals surface area contributed by atoms with Crippen molar-refractivity contribution in [3.63, 3.8) is 0 Å². The van der Waals surface area contributed by atoms with Crippen LogP contribution in [0, 0.1) is 5.92 Å². The van der Waals surface area contributed by atoms with E-state index in [4.69, 9.17) is 11.6 Å². The molecule has 3 nitrogen and oxygen atoms in total. The zero-order chi connectivity index (χ0) is 15.5. The maximum absolute atomic E-state index is 12.1. The van der Waals surface area contributed by atoms with Crippen LogP contribution in [-0.2, 0) is 4.79 Å². The third kappa shape index (κ3) is 3.37. The van der Waals surface area contributed by atoms with E-state index in [1.807, 2.05) is 49.4 Å². The summed E-state index contributed by atoms with van der Waals surface area (Å²) in [6.07, 6.45) is 0.894. The minimum atomic E-state index is -0.0119. The molecule has 1 aliphatic rings. The Hall–Kier alpha value is -2.13. The Morgan fingerprint density at radius 3 is 2.50 bits per heavy atom. The maximum atomic E-state index is 12.1. The number of benzene rings is 2. The predicted octanol–water partition coefficient (Wildman–Crippen LogP) is 3.98. The molecule has 3 rings (SSSR count). The van der Waals surface area contributed by atoms with E-state index >= 15 is 0 Å². The smallest absolute Gasteiger partial charge is 0.243 e. The van der Waals surface area contributed by atoms with Gasteiger partial charge in [0.1, 0.15) is 0 Å². The second-order valence-corrected chi connectivity index (χ2v) is 5.98. The number of amides is 1. The zero-order valence-corrected chi connectivity index (χ0v) is 13.0. The van der Waals surface area contributed by atoms with Crippen LogP contribution in [0.4, 0.5) is 0 Å². The first kappa shape index (κ1) is 14.8. The van der Waals surface area contributed by atoms with Crippen LogP contribution in [0.1, 0.15) is 30.4 Å². The van der Waals surface area contributed by atoms with Gasteiger partial charge in [0.05, 0.1) is 5.71 Å². The summed E-state index contributed by atoms with van der Waals surface area (Å²) in [5, 5.41) is 4.87. The van der Waals surface area contributed by atoms with Gasteiger partial charge in [0, 0.05) is 10.9 Å². The first-order chi connectivity index (χ1) is 10.6. The SMILES string of the molecule is C/C(=N\NC(=O)[C@@H]1C[C@H]1c1ccccc1)c1ccc(Cl)cc1. The molecule has 2 aromatic rings. The maximum Gasteiger partial charge on any atom is 0.243 e. The Labute approximate surface area is 135 Å². The molecular formula is C18H17ClN2O. The molecule has 22 heavy (non-hydrogen) atoms. The van der Waals surface area contributed by atoms with Crippen LogP contribution in [-0.4, -0.2) is 11.6 Å². The van der Waals surface area contributed by atoms with E-state index < -0.39 is 0 Å². The molecule has 1 saturated carbocycles. The second-order valence-electron chi connectivity index (χ2n) is 5.54. The largest absolute Gasteiger partial charge is 0.273 e. The van der Waals surface area contributed by atoms with Gasteiger partial charge in [-0.3, -0.25) is 4.79 Å². The topological polar surface area (TPSA) is 41.5 Å². The average molecular weight is 313 g/mol. The number of halogens is 1. The lowest BCUT2D eigenvalue weighted by atomic mass is 10.1. The lowest BCUT2D eigenvalue weighted by Gasteiger charge is -2.03. The van der Waals surface area contributed by atoms with Crippen LogP contribution in [0.15, 0.2) is 59.7 Å². The molecule has 1 aliphatic carbocycles. The number of carbonyl (C=O) groups is 1.